The average molecular weight is 495 g/mol. The van der Waals surface area contributed by atoms with E-state index in [1.54, 1.807) is 36.4 Å². The minimum absolute atomic E-state index is 0.0328. The van der Waals surface area contributed by atoms with Crippen molar-refractivity contribution in [3.8, 4) is 5.75 Å². The fraction of sp³-hybridized carbons (Fsp3) is 0.520. The molecule has 0 bridgehead atoms. The highest BCUT2D eigenvalue weighted by atomic mass is 32.2. The van der Waals surface area contributed by atoms with Gasteiger partial charge in [0, 0.05) is 25.3 Å². The van der Waals surface area contributed by atoms with Crippen LogP contribution in [0.1, 0.15) is 61.3 Å². The van der Waals surface area contributed by atoms with Crippen molar-refractivity contribution >= 4 is 10.0 Å². The normalized spacial score (nSPS) is 12.7. The first-order valence-corrected chi connectivity index (χ1v) is 13.4. The number of aliphatic hydroxyl groups is 2. The molecule has 34 heavy (non-hydrogen) atoms. The highest BCUT2D eigenvalue weighted by Gasteiger charge is 2.10. The highest BCUT2D eigenvalue weighted by Crippen LogP contribution is 2.22. The van der Waals surface area contributed by atoms with E-state index in [1.807, 2.05) is 0 Å². The molecule has 8 nitrogen and oxygen atoms in total. The zero-order chi connectivity index (χ0) is 24.8. The summed E-state index contributed by atoms with van der Waals surface area (Å²) < 4.78 is 28.2. The average Bonchev–Trinajstić information content (AvgIpc) is 2.82. The number of ether oxygens (including phenoxy) is 1. The maximum atomic E-state index is 11.3. The molecule has 1 atom stereocenters. The number of hydrogen-bond donors (Lipinski definition) is 5. The molecule has 0 fully saturated rings. The molecule has 0 aromatic heterocycles. The van der Waals surface area contributed by atoms with Crippen LogP contribution >= 0.6 is 0 Å². The molecule has 0 aliphatic carbocycles. The van der Waals surface area contributed by atoms with Crippen LogP contribution in [0.15, 0.2) is 47.4 Å². The quantitative estimate of drug-likeness (QED) is 0.213. The van der Waals surface area contributed by atoms with Crippen LogP contribution in [0.4, 0.5) is 0 Å². The monoisotopic (exact) mass is 494 g/mol. The van der Waals surface area contributed by atoms with Gasteiger partial charge < -0.3 is 25.4 Å². The number of aryl methyl sites for hydroxylation is 1. The van der Waals surface area contributed by atoms with Crippen LogP contribution in [-0.4, -0.2) is 50.0 Å². The van der Waals surface area contributed by atoms with Crippen molar-refractivity contribution in [2.75, 3.05) is 26.3 Å². The van der Waals surface area contributed by atoms with Crippen molar-refractivity contribution in [2.24, 2.45) is 5.14 Å². The molecule has 0 radical (unpaired) electrons. The summed E-state index contributed by atoms with van der Waals surface area (Å²) in [5.74, 6) is 0.0328. The summed E-state index contributed by atoms with van der Waals surface area (Å²) in [6.07, 6.45) is 6.38. The van der Waals surface area contributed by atoms with Gasteiger partial charge in [-0.2, -0.15) is 0 Å². The maximum absolute atomic E-state index is 11.3. The second kappa shape index (κ2) is 15.1. The van der Waals surface area contributed by atoms with Crippen LogP contribution in [0.25, 0.3) is 0 Å². The van der Waals surface area contributed by atoms with Gasteiger partial charge in [0.15, 0.2) is 0 Å². The Kier molecular flexibility index (Phi) is 12.5. The second-order valence-electron chi connectivity index (χ2n) is 8.44. The summed E-state index contributed by atoms with van der Waals surface area (Å²) >= 11 is 0. The molecule has 0 amide bonds. The summed E-state index contributed by atoms with van der Waals surface area (Å²) in [6, 6.07) is 11.5. The molecule has 190 valence electrons. The van der Waals surface area contributed by atoms with Gasteiger partial charge in [-0.25, -0.2) is 13.6 Å². The van der Waals surface area contributed by atoms with Gasteiger partial charge in [0.2, 0.25) is 10.0 Å². The third kappa shape index (κ3) is 10.5. The van der Waals surface area contributed by atoms with Crippen LogP contribution < -0.4 is 10.5 Å². The summed E-state index contributed by atoms with van der Waals surface area (Å²) in [6.45, 7) is 2.46. The second-order valence-corrected chi connectivity index (χ2v) is 10.0. The Labute approximate surface area is 202 Å². The van der Waals surface area contributed by atoms with Crippen LogP contribution in [0, 0.1) is 0 Å². The molecule has 0 heterocycles. The van der Waals surface area contributed by atoms with Crippen molar-refractivity contribution in [1.82, 2.24) is 5.32 Å². The largest absolute Gasteiger partial charge is 0.508 e. The van der Waals surface area contributed by atoms with E-state index < -0.39 is 16.1 Å². The number of hydrogen-bond acceptors (Lipinski definition) is 7. The topological polar surface area (TPSA) is 142 Å². The van der Waals surface area contributed by atoms with Crippen LogP contribution in [0.3, 0.4) is 0 Å². The fourth-order valence-corrected chi connectivity index (χ4v) is 4.10. The Morgan fingerprint density at radius 1 is 0.941 bits per heavy atom. The van der Waals surface area contributed by atoms with E-state index in [0.717, 1.165) is 70.3 Å². The number of sulfonamides is 1. The smallest absolute Gasteiger partial charge is 0.238 e. The Balaban J connectivity index is 1.41. The van der Waals surface area contributed by atoms with Crippen LogP contribution in [0.5, 0.6) is 5.75 Å². The Morgan fingerprint density at radius 3 is 2.29 bits per heavy atom. The Hall–Kier alpha value is -2.01. The van der Waals surface area contributed by atoms with Gasteiger partial charge in [-0.05, 0) is 74.0 Å². The SMILES string of the molecule is NS(=O)(=O)c1ccc(CCCCOCCCCCCNC[C@H](O)c2ccc(O)c(CO)c2)cc1. The minimum Gasteiger partial charge on any atom is -0.508 e. The van der Waals surface area contributed by atoms with E-state index in [2.05, 4.69) is 5.32 Å². The predicted molar refractivity (Wildman–Crippen MR) is 132 cm³/mol. The number of benzene rings is 2. The molecular weight excluding hydrogens is 456 g/mol. The molecule has 0 spiro atoms. The van der Waals surface area contributed by atoms with E-state index in [-0.39, 0.29) is 17.3 Å². The van der Waals surface area contributed by atoms with Gasteiger partial charge in [-0.3, -0.25) is 0 Å². The van der Waals surface area contributed by atoms with Gasteiger partial charge in [0.1, 0.15) is 5.75 Å². The molecule has 0 aliphatic heterocycles. The van der Waals surface area contributed by atoms with E-state index in [9.17, 15) is 23.7 Å². The minimum atomic E-state index is -3.63. The first kappa shape index (κ1) is 28.2. The van der Waals surface area contributed by atoms with Gasteiger partial charge in [-0.1, -0.05) is 31.0 Å². The van der Waals surface area contributed by atoms with Crippen molar-refractivity contribution in [1.29, 1.82) is 0 Å². The number of aliphatic hydroxyl groups excluding tert-OH is 2. The number of nitrogens with two attached hydrogens (primary N) is 1. The molecular formula is C25H38N2O6S. The lowest BCUT2D eigenvalue weighted by molar-refractivity contribution is 0.126. The first-order chi connectivity index (χ1) is 16.3. The van der Waals surface area contributed by atoms with Crippen LogP contribution in [-0.2, 0) is 27.8 Å². The van der Waals surface area contributed by atoms with Gasteiger partial charge >= 0.3 is 0 Å². The van der Waals surface area contributed by atoms with E-state index in [0.29, 0.717) is 17.7 Å². The van der Waals surface area contributed by atoms with Crippen molar-refractivity contribution in [3.63, 3.8) is 0 Å². The lowest BCUT2D eigenvalue weighted by Gasteiger charge is -2.14. The number of aromatic hydroxyl groups is 1. The molecule has 0 aliphatic rings. The zero-order valence-electron chi connectivity index (χ0n) is 19.7. The number of nitrogens with one attached hydrogen (secondary N) is 1. The maximum Gasteiger partial charge on any atom is 0.238 e. The molecule has 2 aromatic rings. The van der Waals surface area contributed by atoms with Gasteiger partial charge in [0.25, 0.3) is 0 Å². The van der Waals surface area contributed by atoms with Crippen molar-refractivity contribution < 1.29 is 28.5 Å². The summed E-state index contributed by atoms with van der Waals surface area (Å²) in [5, 5.41) is 37.4. The van der Waals surface area contributed by atoms with E-state index >= 15 is 0 Å². The number of phenols is 1. The molecule has 0 unspecified atom stereocenters. The molecule has 0 saturated carbocycles. The van der Waals surface area contributed by atoms with Gasteiger partial charge in [-0.15, -0.1) is 0 Å². The molecule has 9 heteroatoms. The Bertz CT molecular complexity index is 950. The molecule has 0 saturated heterocycles. The molecule has 2 aromatic carbocycles. The Morgan fingerprint density at radius 2 is 1.62 bits per heavy atom. The first-order valence-electron chi connectivity index (χ1n) is 11.8. The van der Waals surface area contributed by atoms with Crippen molar-refractivity contribution in [2.45, 2.75) is 62.6 Å². The van der Waals surface area contributed by atoms with Crippen LogP contribution in [0.2, 0.25) is 0 Å². The predicted octanol–water partition coefficient (Wildman–Crippen LogP) is 2.75. The molecule has 2 rings (SSSR count). The van der Waals surface area contributed by atoms with E-state index in [4.69, 9.17) is 9.88 Å². The van der Waals surface area contributed by atoms with Crippen molar-refractivity contribution in [3.05, 3.63) is 59.2 Å². The molecule has 6 N–H and O–H groups in total. The lowest BCUT2D eigenvalue weighted by Crippen LogP contribution is -2.22. The zero-order valence-corrected chi connectivity index (χ0v) is 20.5. The lowest BCUT2D eigenvalue weighted by atomic mass is 10.1. The highest BCUT2D eigenvalue weighted by molar-refractivity contribution is 7.89. The van der Waals surface area contributed by atoms with E-state index in [1.165, 1.54) is 6.07 Å². The summed E-state index contributed by atoms with van der Waals surface area (Å²) in [4.78, 5) is 0.138. The third-order valence-corrected chi connectivity index (χ3v) is 6.57. The fourth-order valence-electron chi connectivity index (χ4n) is 3.58. The number of primary sulfonamides is 1. The standard InChI is InChI=1S/C25H38N2O6S/c26-34(31,32)23-11-8-20(9-12-23)7-3-6-16-33-15-5-2-1-4-14-27-18-25(30)21-10-13-24(29)22(17-21)19-28/h8-13,17,25,27-30H,1-7,14-16,18-19H2,(H2,26,31,32)/t25-/m0/s1. The van der Waals surface area contributed by atoms with Gasteiger partial charge in [0.05, 0.1) is 17.6 Å². The summed E-state index contributed by atoms with van der Waals surface area (Å²) in [5.41, 5.74) is 2.17. The number of unbranched alkanes of at least 4 members (excludes halogenated alkanes) is 4. The number of rotatable bonds is 17. The third-order valence-electron chi connectivity index (χ3n) is 5.64. The summed E-state index contributed by atoms with van der Waals surface area (Å²) in [7, 11) is -3.63.